The van der Waals surface area contributed by atoms with Crippen LogP contribution in [-0.2, 0) is 0 Å². The van der Waals surface area contributed by atoms with Gasteiger partial charge in [-0.3, -0.25) is 0 Å². The van der Waals surface area contributed by atoms with E-state index in [1.54, 1.807) is 6.33 Å². The number of H-pyrrole nitrogens is 1. The fraction of sp³-hybridized carbons (Fsp3) is 0. The van der Waals surface area contributed by atoms with Crippen molar-refractivity contribution in [3.8, 4) is 0 Å². The molecule has 0 saturated heterocycles. The topological polar surface area (TPSA) is 54.5 Å². The molecule has 2 aromatic carbocycles. The van der Waals surface area contributed by atoms with E-state index in [-0.39, 0.29) is 0 Å². The summed E-state index contributed by atoms with van der Waals surface area (Å²) in [6, 6.07) is 12.2. The predicted octanol–water partition coefficient (Wildman–Crippen LogP) is 2.66. The molecular formula is C13H8N4. The summed E-state index contributed by atoms with van der Waals surface area (Å²) < 4.78 is 0. The zero-order valence-corrected chi connectivity index (χ0v) is 8.88. The number of benzene rings is 2. The molecule has 0 fully saturated rings. The molecule has 0 unspecified atom stereocenters. The van der Waals surface area contributed by atoms with Crippen LogP contribution in [0.5, 0.6) is 0 Å². The third kappa shape index (κ3) is 1.15. The molecule has 0 amide bonds. The van der Waals surface area contributed by atoms with E-state index in [4.69, 9.17) is 0 Å². The van der Waals surface area contributed by atoms with Gasteiger partial charge in [0.1, 0.15) is 0 Å². The zero-order valence-electron chi connectivity index (χ0n) is 8.88. The Bertz CT molecular complexity index is 848. The summed E-state index contributed by atoms with van der Waals surface area (Å²) in [4.78, 5) is 16.2. The molecule has 0 saturated carbocycles. The minimum atomic E-state index is 0.661. The highest BCUT2D eigenvalue weighted by molar-refractivity contribution is 6.05. The molecule has 80 valence electrons. The van der Waals surface area contributed by atoms with Crippen LogP contribution in [0.2, 0.25) is 0 Å². The molecule has 4 rings (SSSR count). The average molecular weight is 220 g/mol. The molecule has 1 N–H and O–H groups in total. The van der Waals surface area contributed by atoms with E-state index in [2.05, 4.69) is 38.1 Å². The lowest BCUT2D eigenvalue weighted by molar-refractivity contribution is 1.32. The van der Waals surface area contributed by atoms with Gasteiger partial charge in [-0.05, 0) is 11.5 Å². The summed E-state index contributed by atoms with van der Waals surface area (Å²) in [5.41, 5.74) is 3.18. The Morgan fingerprint density at radius 1 is 0.941 bits per heavy atom. The van der Waals surface area contributed by atoms with Crippen LogP contribution in [0.4, 0.5) is 0 Å². The summed E-state index contributed by atoms with van der Waals surface area (Å²) in [5.74, 6) is 0. The maximum atomic E-state index is 4.56. The molecule has 0 atom stereocenters. The summed E-state index contributed by atoms with van der Waals surface area (Å²) in [5, 5.41) is 2.28. The monoisotopic (exact) mass is 220 g/mol. The van der Waals surface area contributed by atoms with Gasteiger partial charge in [0.25, 0.3) is 0 Å². The number of fused-ring (bicyclic) bond motifs is 4. The highest BCUT2D eigenvalue weighted by Crippen LogP contribution is 2.23. The third-order valence-corrected chi connectivity index (χ3v) is 2.93. The van der Waals surface area contributed by atoms with Gasteiger partial charge in [0.15, 0.2) is 11.3 Å². The lowest BCUT2D eigenvalue weighted by Gasteiger charge is -2.01. The van der Waals surface area contributed by atoms with Crippen LogP contribution in [0.25, 0.3) is 33.1 Å². The minimum Gasteiger partial charge on any atom is -0.328 e. The van der Waals surface area contributed by atoms with E-state index in [0.29, 0.717) is 5.65 Å². The van der Waals surface area contributed by atoms with Gasteiger partial charge in [-0.1, -0.05) is 30.3 Å². The first-order valence-corrected chi connectivity index (χ1v) is 5.40. The Hall–Kier alpha value is -2.49. The van der Waals surface area contributed by atoms with Crippen LogP contribution < -0.4 is 0 Å². The predicted molar refractivity (Wildman–Crippen MR) is 66.7 cm³/mol. The van der Waals surface area contributed by atoms with E-state index < -0.39 is 0 Å². The molecule has 0 spiro atoms. The van der Waals surface area contributed by atoms with Crippen molar-refractivity contribution in [2.45, 2.75) is 0 Å². The molecule has 2 aromatic heterocycles. The first-order valence-electron chi connectivity index (χ1n) is 5.40. The van der Waals surface area contributed by atoms with Crippen LogP contribution in [0.15, 0.2) is 42.7 Å². The zero-order chi connectivity index (χ0) is 11.2. The van der Waals surface area contributed by atoms with Crippen molar-refractivity contribution in [1.82, 2.24) is 19.9 Å². The number of imidazole rings is 1. The van der Waals surface area contributed by atoms with Crippen LogP contribution in [-0.4, -0.2) is 19.9 Å². The standard InChI is InChI=1S/C13H8N4/c1-2-4-9-8(3-1)5-6-10-11(9)17-13-12(16-10)14-7-15-13/h1-7H,(H,14,15,16,17). The second-order valence-corrected chi connectivity index (χ2v) is 3.95. The van der Waals surface area contributed by atoms with E-state index in [1.165, 1.54) is 5.39 Å². The summed E-state index contributed by atoms with van der Waals surface area (Å²) in [7, 11) is 0. The normalized spacial score (nSPS) is 11.5. The quantitative estimate of drug-likeness (QED) is 0.463. The molecule has 4 nitrogen and oxygen atoms in total. The van der Waals surface area contributed by atoms with Crippen molar-refractivity contribution in [2.75, 3.05) is 0 Å². The molecule has 0 radical (unpaired) electrons. The van der Waals surface area contributed by atoms with Gasteiger partial charge in [0.2, 0.25) is 0 Å². The van der Waals surface area contributed by atoms with E-state index in [1.807, 2.05) is 18.2 Å². The maximum absolute atomic E-state index is 4.56. The molecule has 0 aliphatic carbocycles. The van der Waals surface area contributed by atoms with Gasteiger partial charge in [-0.25, -0.2) is 15.0 Å². The van der Waals surface area contributed by atoms with Crippen LogP contribution in [0.3, 0.4) is 0 Å². The first-order chi connectivity index (χ1) is 8.42. The summed E-state index contributed by atoms with van der Waals surface area (Å²) in [6.07, 6.45) is 1.62. The Morgan fingerprint density at radius 3 is 2.88 bits per heavy atom. The largest absolute Gasteiger partial charge is 0.328 e. The molecule has 4 heteroatoms. The lowest BCUT2D eigenvalue weighted by atomic mass is 10.1. The first kappa shape index (κ1) is 8.64. The number of nitrogens with zero attached hydrogens (tertiary/aromatic N) is 3. The maximum Gasteiger partial charge on any atom is 0.197 e. The van der Waals surface area contributed by atoms with E-state index >= 15 is 0 Å². The fourth-order valence-electron chi connectivity index (χ4n) is 2.12. The third-order valence-electron chi connectivity index (χ3n) is 2.93. The van der Waals surface area contributed by atoms with E-state index in [9.17, 15) is 0 Å². The van der Waals surface area contributed by atoms with Gasteiger partial charge in [0.05, 0.1) is 17.4 Å². The van der Waals surface area contributed by atoms with Crippen LogP contribution >= 0.6 is 0 Å². The highest BCUT2D eigenvalue weighted by Gasteiger charge is 2.06. The SMILES string of the molecule is c1ccc2c(c1)ccc1nc3[nH]cnc3nc12. The van der Waals surface area contributed by atoms with Crippen LogP contribution in [0, 0.1) is 0 Å². The number of aromatic nitrogens is 4. The fourth-order valence-corrected chi connectivity index (χ4v) is 2.12. The van der Waals surface area contributed by atoms with Gasteiger partial charge in [0, 0.05) is 5.39 Å². The highest BCUT2D eigenvalue weighted by atomic mass is 15.0. The Balaban J connectivity index is 2.30. The van der Waals surface area contributed by atoms with Crippen molar-refractivity contribution in [1.29, 1.82) is 0 Å². The number of hydrogen-bond donors (Lipinski definition) is 1. The second kappa shape index (κ2) is 3.01. The van der Waals surface area contributed by atoms with E-state index in [0.717, 1.165) is 22.1 Å². The number of aromatic amines is 1. The van der Waals surface area contributed by atoms with Gasteiger partial charge in [-0.15, -0.1) is 0 Å². The number of hydrogen-bond acceptors (Lipinski definition) is 3. The summed E-state index contributed by atoms with van der Waals surface area (Å²) in [6.45, 7) is 0. The Kier molecular flexibility index (Phi) is 1.53. The van der Waals surface area contributed by atoms with Crippen molar-refractivity contribution < 1.29 is 0 Å². The summed E-state index contributed by atoms with van der Waals surface area (Å²) >= 11 is 0. The number of rotatable bonds is 0. The second-order valence-electron chi connectivity index (χ2n) is 3.95. The minimum absolute atomic E-state index is 0.661. The van der Waals surface area contributed by atoms with Crippen molar-refractivity contribution >= 4 is 33.1 Å². The van der Waals surface area contributed by atoms with Gasteiger partial charge >= 0.3 is 0 Å². The molecular weight excluding hydrogens is 212 g/mol. The Morgan fingerprint density at radius 2 is 1.88 bits per heavy atom. The average Bonchev–Trinajstić information content (AvgIpc) is 2.83. The Labute approximate surface area is 96.3 Å². The lowest BCUT2D eigenvalue weighted by Crippen LogP contribution is -1.87. The van der Waals surface area contributed by atoms with Crippen molar-refractivity contribution in [2.24, 2.45) is 0 Å². The van der Waals surface area contributed by atoms with Crippen molar-refractivity contribution in [3.63, 3.8) is 0 Å². The smallest absolute Gasteiger partial charge is 0.197 e. The molecule has 0 bridgehead atoms. The van der Waals surface area contributed by atoms with Gasteiger partial charge in [-0.2, -0.15) is 0 Å². The van der Waals surface area contributed by atoms with Crippen molar-refractivity contribution in [3.05, 3.63) is 42.7 Å². The molecule has 0 aliphatic rings. The van der Waals surface area contributed by atoms with Crippen LogP contribution in [0.1, 0.15) is 0 Å². The molecule has 17 heavy (non-hydrogen) atoms. The molecule has 4 aromatic rings. The molecule has 0 aliphatic heterocycles. The number of nitrogens with one attached hydrogen (secondary N) is 1. The molecule has 2 heterocycles. The van der Waals surface area contributed by atoms with Gasteiger partial charge < -0.3 is 4.98 Å².